The van der Waals surface area contributed by atoms with Crippen LogP contribution in [0, 0.1) is 0 Å². The monoisotopic (exact) mass is 396 g/mol. The third-order valence-electron chi connectivity index (χ3n) is 3.56. The Balaban J connectivity index is 2.09. The molecule has 0 spiro atoms. The van der Waals surface area contributed by atoms with E-state index in [2.05, 4.69) is 21.2 Å². The van der Waals surface area contributed by atoms with Gasteiger partial charge in [0.1, 0.15) is 4.21 Å². The lowest BCUT2D eigenvalue weighted by atomic mass is 10.1. The normalized spacial score (nSPS) is 20.8. The van der Waals surface area contributed by atoms with Gasteiger partial charge in [-0.25, -0.2) is 8.42 Å². The quantitative estimate of drug-likeness (QED) is 0.718. The lowest BCUT2D eigenvalue weighted by Gasteiger charge is -2.34. The van der Waals surface area contributed by atoms with Crippen LogP contribution in [0.2, 0.25) is 0 Å². The Morgan fingerprint density at radius 2 is 2.33 bits per heavy atom. The number of nitrogens with zero attached hydrogens (tertiary/aromatic N) is 1. The molecule has 21 heavy (non-hydrogen) atoms. The summed E-state index contributed by atoms with van der Waals surface area (Å²) in [6, 6.07) is 1.81. The van der Waals surface area contributed by atoms with Gasteiger partial charge in [0.25, 0.3) is 10.0 Å². The molecule has 2 heterocycles. The van der Waals surface area contributed by atoms with E-state index in [1.54, 1.807) is 22.9 Å². The van der Waals surface area contributed by atoms with E-state index in [1.165, 1.54) is 11.3 Å². The number of piperidine rings is 1. The zero-order valence-electron chi connectivity index (χ0n) is 12.0. The Labute approximate surface area is 138 Å². The van der Waals surface area contributed by atoms with Gasteiger partial charge in [-0.2, -0.15) is 4.31 Å². The van der Waals surface area contributed by atoms with E-state index in [9.17, 15) is 8.42 Å². The first-order valence-electron chi connectivity index (χ1n) is 7.02. The first kappa shape index (κ1) is 17.4. The van der Waals surface area contributed by atoms with Gasteiger partial charge >= 0.3 is 0 Å². The highest BCUT2D eigenvalue weighted by Crippen LogP contribution is 2.33. The van der Waals surface area contributed by atoms with Crippen LogP contribution in [0.5, 0.6) is 0 Å². The van der Waals surface area contributed by atoms with Crippen LogP contribution >= 0.6 is 27.3 Å². The molecule has 0 aliphatic carbocycles. The zero-order chi connectivity index (χ0) is 15.3. The van der Waals surface area contributed by atoms with Crippen molar-refractivity contribution in [3.63, 3.8) is 0 Å². The third-order valence-corrected chi connectivity index (χ3v) is 8.16. The molecule has 0 aromatic carbocycles. The summed E-state index contributed by atoms with van der Waals surface area (Å²) in [6.45, 7) is 2.65. The predicted molar refractivity (Wildman–Crippen MR) is 88.3 cm³/mol. The number of thiophene rings is 1. The molecule has 1 N–H and O–H groups in total. The Hall–Kier alpha value is 0.01000. The maximum Gasteiger partial charge on any atom is 0.253 e. The van der Waals surface area contributed by atoms with E-state index in [4.69, 9.17) is 4.74 Å². The second-order valence-electron chi connectivity index (χ2n) is 5.02. The number of nitrogens with one attached hydrogen (secondary N) is 1. The van der Waals surface area contributed by atoms with Crippen LogP contribution in [0.4, 0.5) is 0 Å². The van der Waals surface area contributed by atoms with Crippen LogP contribution < -0.4 is 5.32 Å². The fraction of sp³-hybridized carbons (Fsp3) is 0.692. The van der Waals surface area contributed by atoms with Gasteiger partial charge in [-0.15, -0.1) is 11.3 Å². The van der Waals surface area contributed by atoms with E-state index < -0.39 is 10.0 Å². The zero-order valence-corrected chi connectivity index (χ0v) is 15.3. The van der Waals surface area contributed by atoms with Crippen LogP contribution in [0.3, 0.4) is 0 Å². The predicted octanol–water partition coefficient (Wildman–Crippen LogP) is 2.29. The average Bonchev–Trinajstić information content (AvgIpc) is 2.91. The van der Waals surface area contributed by atoms with Crippen molar-refractivity contribution in [3.8, 4) is 0 Å². The molecule has 0 radical (unpaired) electrons. The maximum absolute atomic E-state index is 12.8. The second kappa shape index (κ2) is 8.03. The number of ether oxygens (including phenoxy) is 1. The molecule has 1 aliphatic heterocycles. The van der Waals surface area contributed by atoms with Gasteiger partial charge < -0.3 is 10.1 Å². The van der Waals surface area contributed by atoms with Crippen molar-refractivity contribution < 1.29 is 13.2 Å². The smallest absolute Gasteiger partial charge is 0.253 e. The number of hydrogen-bond donors (Lipinski definition) is 1. The van der Waals surface area contributed by atoms with E-state index in [1.807, 2.05) is 0 Å². The van der Waals surface area contributed by atoms with Crippen LogP contribution in [-0.2, 0) is 14.8 Å². The first-order valence-corrected chi connectivity index (χ1v) is 10.1. The summed E-state index contributed by atoms with van der Waals surface area (Å²) in [6.07, 6.45) is 2.91. The van der Waals surface area contributed by atoms with Crippen molar-refractivity contribution in [1.29, 1.82) is 0 Å². The molecule has 8 heteroatoms. The minimum absolute atomic E-state index is 0.0228. The molecule has 0 bridgehead atoms. The maximum atomic E-state index is 12.8. The van der Waals surface area contributed by atoms with E-state index in [0.29, 0.717) is 28.4 Å². The molecule has 5 nitrogen and oxygen atoms in total. The minimum Gasteiger partial charge on any atom is -0.383 e. The van der Waals surface area contributed by atoms with Crippen LogP contribution in [-0.4, -0.2) is 52.1 Å². The highest BCUT2D eigenvalue weighted by Gasteiger charge is 2.34. The molecule has 1 aliphatic rings. The topological polar surface area (TPSA) is 58.6 Å². The number of rotatable bonds is 7. The lowest BCUT2D eigenvalue weighted by molar-refractivity contribution is 0.191. The summed E-state index contributed by atoms with van der Waals surface area (Å²) in [5, 5.41) is 5.08. The lowest BCUT2D eigenvalue weighted by Crippen LogP contribution is -2.48. The second-order valence-corrected chi connectivity index (χ2v) is 8.87. The summed E-state index contributed by atoms with van der Waals surface area (Å²) in [5.41, 5.74) is 0. The van der Waals surface area contributed by atoms with Gasteiger partial charge in [0.15, 0.2) is 0 Å². The highest BCUT2D eigenvalue weighted by molar-refractivity contribution is 9.10. The number of methoxy groups -OCH3 is 1. The number of halogens is 1. The molecule has 2 rings (SSSR count). The molecule has 0 amide bonds. The Bertz CT molecular complexity index is 547. The standard InChI is InChI=1S/C13H21BrN2O3S2/c1-19-8-6-15-10-11-4-2-3-7-16(11)21(17,18)13-12(14)5-9-20-13/h5,9,11,15H,2-4,6-8,10H2,1H3. The van der Waals surface area contributed by atoms with Gasteiger partial charge in [0.05, 0.1) is 6.61 Å². The minimum atomic E-state index is -3.41. The van der Waals surface area contributed by atoms with Crippen molar-refractivity contribution >= 4 is 37.3 Å². The molecule has 1 aromatic heterocycles. The largest absolute Gasteiger partial charge is 0.383 e. The molecular weight excluding hydrogens is 376 g/mol. The van der Waals surface area contributed by atoms with Gasteiger partial charge in [-0.1, -0.05) is 6.42 Å². The van der Waals surface area contributed by atoms with Gasteiger partial charge in [0.2, 0.25) is 0 Å². The van der Waals surface area contributed by atoms with Gasteiger partial charge in [-0.3, -0.25) is 0 Å². The summed E-state index contributed by atoms with van der Waals surface area (Å²) in [5.74, 6) is 0. The molecule has 1 atom stereocenters. The van der Waals surface area contributed by atoms with Crippen molar-refractivity contribution in [2.75, 3.05) is 33.4 Å². The Kier molecular flexibility index (Phi) is 6.64. The number of sulfonamides is 1. The molecule has 1 saturated heterocycles. The van der Waals surface area contributed by atoms with Crippen LogP contribution in [0.15, 0.2) is 20.1 Å². The summed E-state index contributed by atoms with van der Waals surface area (Å²) < 4.78 is 33.4. The van der Waals surface area contributed by atoms with Crippen molar-refractivity contribution in [2.45, 2.75) is 29.5 Å². The fourth-order valence-corrected chi connectivity index (χ4v) is 6.63. The molecule has 0 saturated carbocycles. The van der Waals surface area contributed by atoms with Crippen molar-refractivity contribution in [2.24, 2.45) is 0 Å². The van der Waals surface area contributed by atoms with E-state index in [-0.39, 0.29) is 6.04 Å². The van der Waals surface area contributed by atoms with Gasteiger partial charge in [-0.05, 0) is 40.2 Å². The molecule has 1 fully saturated rings. The van der Waals surface area contributed by atoms with Crippen molar-refractivity contribution in [1.82, 2.24) is 9.62 Å². The van der Waals surface area contributed by atoms with Crippen molar-refractivity contribution in [3.05, 3.63) is 15.9 Å². The van der Waals surface area contributed by atoms with Crippen LogP contribution in [0.1, 0.15) is 19.3 Å². The highest BCUT2D eigenvalue weighted by atomic mass is 79.9. The fourth-order valence-electron chi connectivity index (χ4n) is 2.51. The average molecular weight is 397 g/mol. The molecule has 1 unspecified atom stereocenters. The Morgan fingerprint density at radius 3 is 3.00 bits per heavy atom. The van der Waals surface area contributed by atoms with Gasteiger partial charge in [0, 0.05) is 37.3 Å². The summed E-state index contributed by atoms with van der Waals surface area (Å²) >= 11 is 4.60. The van der Waals surface area contributed by atoms with Crippen LogP contribution in [0.25, 0.3) is 0 Å². The molecule has 120 valence electrons. The first-order chi connectivity index (χ1) is 10.1. The summed E-state index contributed by atoms with van der Waals surface area (Å²) in [4.78, 5) is 0. The Morgan fingerprint density at radius 1 is 1.52 bits per heavy atom. The van der Waals surface area contributed by atoms with E-state index >= 15 is 0 Å². The number of hydrogen-bond acceptors (Lipinski definition) is 5. The molecule has 1 aromatic rings. The molecular formula is C13H21BrN2O3S2. The third kappa shape index (κ3) is 4.27. The van der Waals surface area contributed by atoms with E-state index in [0.717, 1.165) is 25.8 Å². The summed E-state index contributed by atoms with van der Waals surface area (Å²) in [7, 11) is -1.75. The SMILES string of the molecule is COCCNCC1CCCCN1S(=O)(=O)c1sccc1Br.